The second-order valence-corrected chi connectivity index (χ2v) is 10.1. The Balaban J connectivity index is 1.94. The van der Waals surface area contributed by atoms with Crippen LogP contribution in [0, 0.1) is 11.3 Å². The molecule has 2 aromatic rings. The van der Waals surface area contributed by atoms with Crippen LogP contribution in [0.5, 0.6) is 11.5 Å². The summed E-state index contributed by atoms with van der Waals surface area (Å²) in [6.45, 7) is 7.87. The molecule has 0 heterocycles. The molecule has 0 radical (unpaired) electrons. The molecule has 0 saturated carbocycles. The van der Waals surface area contributed by atoms with Gasteiger partial charge in [-0.15, -0.1) is 0 Å². The normalized spacial score (nSPS) is 21.7. The highest BCUT2D eigenvalue weighted by molar-refractivity contribution is 14.1. The minimum atomic E-state index is -0.512. The number of rotatable bonds is 4. The summed E-state index contributed by atoms with van der Waals surface area (Å²) in [5.74, 6) is 2.22. The molecule has 3 nitrogen and oxygen atoms in total. The minimum absolute atomic E-state index is 0.214. The SMILES string of the molecule is CC[C@@H]1[C@@H](c2ccc(OC(=O)C(C)(C)C)cc2)c2ccc(OC)cc2C[C@H]1I. The van der Waals surface area contributed by atoms with Gasteiger partial charge in [-0.3, -0.25) is 4.79 Å². The fraction of sp³-hybridized carbons (Fsp3) is 0.458. The third-order valence-electron chi connectivity index (χ3n) is 5.53. The van der Waals surface area contributed by atoms with Gasteiger partial charge in [0.15, 0.2) is 0 Å². The van der Waals surface area contributed by atoms with E-state index in [1.54, 1.807) is 7.11 Å². The van der Waals surface area contributed by atoms with E-state index in [0.717, 1.165) is 18.6 Å². The second-order valence-electron chi connectivity index (χ2n) is 8.54. The number of esters is 1. The van der Waals surface area contributed by atoms with Crippen LogP contribution in [-0.4, -0.2) is 17.0 Å². The van der Waals surface area contributed by atoms with Crippen molar-refractivity contribution in [1.29, 1.82) is 0 Å². The average Bonchev–Trinajstić information content (AvgIpc) is 2.66. The molecule has 0 aliphatic heterocycles. The van der Waals surface area contributed by atoms with Gasteiger partial charge in [-0.2, -0.15) is 0 Å². The first kappa shape index (κ1) is 21.2. The molecule has 0 aromatic heterocycles. The average molecular weight is 492 g/mol. The van der Waals surface area contributed by atoms with Crippen molar-refractivity contribution in [3.05, 3.63) is 59.2 Å². The number of hydrogen-bond donors (Lipinski definition) is 0. The smallest absolute Gasteiger partial charge is 0.316 e. The predicted octanol–water partition coefficient (Wildman–Crippen LogP) is 6.16. The summed E-state index contributed by atoms with van der Waals surface area (Å²) in [5.41, 5.74) is 3.52. The maximum absolute atomic E-state index is 12.2. The topological polar surface area (TPSA) is 35.5 Å². The van der Waals surface area contributed by atoms with E-state index in [1.807, 2.05) is 32.9 Å². The highest BCUT2D eigenvalue weighted by Crippen LogP contribution is 2.46. The zero-order chi connectivity index (χ0) is 20.5. The Bertz CT molecular complexity index is 836. The van der Waals surface area contributed by atoms with Gasteiger partial charge in [0.2, 0.25) is 0 Å². The number of ether oxygens (including phenoxy) is 2. The summed E-state index contributed by atoms with van der Waals surface area (Å²) in [6, 6.07) is 14.5. The largest absolute Gasteiger partial charge is 0.497 e. The number of hydrogen-bond acceptors (Lipinski definition) is 3. The zero-order valence-electron chi connectivity index (χ0n) is 17.3. The molecule has 3 atom stereocenters. The number of carbonyl (C=O) groups is 1. The maximum Gasteiger partial charge on any atom is 0.316 e. The van der Waals surface area contributed by atoms with Gasteiger partial charge in [-0.1, -0.05) is 54.1 Å². The molecule has 2 aromatic carbocycles. The summed E-state index contributed by atoms with van der Waals surface area (Å²) >= 11 is 2.60. The van der Waals surface area contributed by atoms with Crippen LogP contribution in [0.4, 0.5) is 0 Å². The number of fused-ring (bicyclic) bond motifs is 1. The van der Waals surface area contributed by atoms with Crippen molar-refractivity contribution in [2.24, 2.45) is 11.3 Å². The van der Waals surface area contributed by atoms with Crippen molar-refractivity contribution in [3.8, 4) is 11.5 Å². The van der Waals surface area contributed by atoms with E-state index in [-0.39, 0.29) is 5.97 Å². The van der Waals surface area contributed by atoms with Crippen molar-refractivity contribution in [3.63, 3.8) is 0 Å². The van der Waals surface area contributed by atoms with Crippen molar-refractivity contribution < 1.29 is 14.3 Å². The predicted molar refractivity (Wildman–Crippen MR) is 122 cm³/mol. The molecular weight excluding hydrogens is 463 g/mol. The van der Waals surface area contributed by atoms with Gasteiger partial charge in [-0.05, 0) is 74.1 Å². The van der Waals surface area contributed by atoms with Crippen molar-refractivity contribution >= 4 is 28.6 Å². The Morgan fingerprint density at radius 3 is 2.32 bits per heavy atom. The second kappa shape index (κ2) is 8.44. The first-order valence-electron chi connectivity index (χ1n) is 9.87. The standard InChI is InChI=1S/C24H29IO3/c1-6-19-21(25)14-16-13-18(27-5)11-12-20(16)22(19)15-7-9-17(10-8-15)28-23(26)24(2,3)4/h7-13,19,21-22H,6,14H2,1-5H3/t19-,21+,22+/m0/s1. The lowest BCUT2D eigenvalue weighted by atomic mass is 9.71. The Morgan fingerprint density at radius 1 is 1.11 bits per heavy atom. The summed E-state index contributed by atoms with van der Waals surface area (Å²) in [7, 11) is 1.72. The molecule has 1 aliphatic rings. The molecule has 0 spiro atoms. The maximum atomic E-state index is 12.2. The summed E-state index contributed by atoms with van der Waals surface area (Å²) in [4.78, 5) is 12.2. The van der Waals surface area contributed by atoms with Crippen LogP contribution in [0.25, 0.3) is 0 Å². The summed E-state index contributed by atoms with van der Waals surface area (Å²) in [5, 5.41) is 0. The molecule has 0 amide bonds. The van der Waals surface area contributed by atoms with E-state index < -0.39 is 5.41 Å². The fourth-order valence-corrected chi connectivity index (χ4v) is 5.31. The number of alkyl halides is 1. The molecule has 0 N–H and O–H groups in total. The van der Waals surface area contributed by atoms with Crippen LogP contribution in [0.2, 0.25) is 0 Å². The van der Waals surface area contributed by atoms with Crippen LogP contribution in [0.1, 0.15) is 56.7 Å². The van der Waals surface area contributed by atoms with Crippen LogP contribution in [-0.2, 0) is 11.2 Å². The van der Waals surface area contributed by atoms with E-state index in [1.165, 1.54) is 16.7 Å². The molecule has 0 unspecified atom stereocenters. The lowest BCUT2D eigenvalue weighted by Crippen LogP contribution is -2.30. The van der Waals surface area contributed by atoms with E-state index in [0.29, 0.717) is 21.5 Å². The number of halogens is 1. The highest BCUT2D eigenvalue weighted by Gasteiger charge is 2.35. The first-order valence-corrected chi connectivity index (χ1v) is 11.1. The Labute approximate surface area is 182 Å². The molecule has 1 aliphatic carbocycles. The number of carbonyl (C=O) groups excluding carboxylic acids is 1. The Kier molecular flexibility index (Phi) is 6.37. The van der Waals surface area contributed by atoms with Gasteiger partial charge >= 0.3 is 5.97 Å². The quantitative estimate of drug-likeness (QED) is 0.222. The van der Waals surface area contributed by atoms with Gasteiger partial charge in [0, 0.05) is 9.84 Å². The molecule has 150 valence electrons. The lowest BCUT2D eigenvalue weighted by Gasteiger charge is -2.37. The van der Waals surface area contributed by atoms with Gasteiger partial charge in [0.25, 0.3) is 0 Å². The van der Waals surface area contributed by atoms with Gasteiger partial charge in [0.05, 0.1) is 12.5 Å². The van der Waals surface area contributed by atoms with Crippen LogP contribution in [0.15, 0.2) is 42.5 Å². The van der Waals surface area contributed by atoms with E-state index in [2.05, 4.69) is 59.8 Å². The van der Waals surface area contributed by atoms with E-state index >= 15 is 0 Å². The van der Waals surface area contributed by atoms with Gasteiger partial charge < -0.3 is 9.47 Å². The lowest BCUT2D eigenvalue weighted by molar-refractivity contribution is -0.142. The van der Waals surface area contributed by atoms with E-state index in [4.69, 9.17) is 9.47 Å². The minimum Gasteiger partial charge on any atom is -0.497 e. The Hall–Kier alpha value is -1.56. The van der Waals surface area contributed by atoms with Crippen LogP contribution in [0.3, 0.4) is 0 Å². The van der Waals surface area contributed by atoms with Gasteiger partial charge in [0.1, 0.15) is 11.5 Å². The molecule has 0 fully saturated rings. The number of benzene rings is 2. The molecule has 0 saturated heterocycles. The summed E-state index contributed by atoms with van der Waals surface area (Å²) in [6.07, 6.45) is 2.20. The van der Waals surface area contributed by atoms with Gasteiger partial charge in [-0.25, -0.2) is 0 Å². The van der Waals surface area contributed by atoms with Crippen molar-refractivity contribution in [2.45, 2.75) is 50.4 Å². The third kappa shape index (κ3) is 4.37. The highest BCUT2D eigenvalue weighted by atomic mass is 127. The molecule has 4 heteroatoms. The zero-order valence-corrected chi connectivity index (χ0v) is 19.4. The summed E-state index contributed by atoms with van der Waals surface area (Å²) < 4.78 is 11.6. The molecule has 3 rings (SSSR count). The molecule has 0 bridgehead atoms. The number of methoxy groups -OCH3 is 1. The third-order valence-corrected chi connectivity index (χ3v) is 6.89. The first-order chi connectivity index (χ1) is 13.2. The van der Waals surface area contributed by atoms with Crippen LogP contribution >= 0.6 is 22.6 Å². The van der Waals surface area contributed by atoms with Crippen LogP contribution < -0.4 is 9.47 Å². The van der Waals surface area contributed by atoms with Crippen molar-refractivity contribution in [2.75, 3.05) is 7.11 Å². The molecular formula is C24H29IO3. The van der Waals surface area contributed by atoms with E-state index in [9.17, 15) is 4.79 Å². The monoisotopic (exact) mass is 492 g/mol. The fourth-order valence-electron chi connectivity index (χ4n) is 3.91. The van der Waals surface area contributed by atoms with Crippen molar-refractivity contribution in [1.82, 2.24) is 0 Å². The Morgan fingerprint density at radius 2 is 1.75 bits per heavy atom. The molecule has 28 heavy (non-hydrogen) atoms.